The Bertz CT molecular complexity index is 1120. The SMILES string of the molecule is CC(C)C(N)C(=O)O[C@H]1CC2[C@]3(CC[C@]4(C)[C@@H]([C@@]5(C)CC[C@@H](C(C)(C)O)O5)[C@@H](O)C[C@@]24C)CC32CC[C@H](O)C(C)(C)[C@H]12. The van der Waals surface area contributed by atoms with Gasteiger partial charge in [0.15, 0.2) is 0 Å². The minimum absolute atomic E-state index is 0.0128. The van der Waals surface area contributed by atoms with Crippen molar-refractivity contribution in [3.8, 4) is 0 Å². The zero-order valence-corrected chi connectivity index (χ0v) is 27.7. The van der Waals surface area contributed by atoms with Gasteiger partial charge < -0.3 is 30.5 Å². The summed E-state index contributed by atoms with van der Waals surface area (Å²) < 4.78 is 13.2. The molecule has 3 unspecified atom stereocenters. The Morgan fingerprint density at radius 1 is 0.952 bits per heavy atom. The lowest BCUT2D eigenvalue weighted by atomic mass is 9.41. The number of nitrogens with two attached hydrogens (primary N) is 1. The van der Waals surface area contributed by atoms with Crippen LogP contribution in [0.4, 0.5) is 0 Å². The second-order valence-electron chi connectivity index (χ2n) is 18.1. The van der Waals surface area contributed by atoms with Gasteiger partial charge in [0.2, 0.25) is 0 Å². The highest BCUT2D eigenvalue weighted by Crippen LogP contribution is 2.89. The van der Waals surface area contributed by atoms with E-state index in [1.165, 1.54) is 0 Å². The van der Waals surface area contributed by atoms with E-state index in [0.717, 1.165) is 51.4 Å². The quantitative estimate of drug-likeness (QED) is 0.334. The number of hydrogen-bond acceptors (Lipinski definition) is 7. The fourth-order valence-electron chi connectivity index (χ4n) is 12.7. The molecule has 2 spiro atoms. The smallest absolute Gasteiger partial charge is 0.323 e. The molecule has 1 saturated heterocycles. The molecular formula is C35H59NO6. The van der Waals surface area contributed by atoms with E-state index in [2.05, 4.69) is 34.6 Å². The van der Waals surface area contributed by atoms with Gasteiger partial charge >= 0.3 is 5.97 Å². The summed E-state index contributed by atoms with van der Waals surface area (Å²) in [6.07, 6.45) is 6.64. The van der Waals surface area contributed by atoms with E-state index in [-0.39, 0.29) is 63.0 Å². The van der Waals surface area contributed by atoms with Crippen LogP contribution in [0.1, 0.15) is 120 Å². The van der Waals surface area contributed by atoms with Gasteiger partial charge in [-0.2, -0.15) is 0 Å². The Hall–Kier alpha value is -0.730. The van der Waals surface area contributed by atoms with Gasteiger partial charge in [0.05, 0.1) is 29.5 Å². The molecule has 1 heterocycles. The molecule has 0 amide bonds. The highest BCUT2D eigenvalue weighted by Gasteiger charge is 2.85. The summed E-state index contributed by atoms with van der Waals surface area (Å²) in [5.74, 6) is 0.0143. The van der Waals surface area contributed by atoms with E-state index in [9.17, 15) is 20.1 Å². The minimum Gasteiger partial charge on any atom is -0.461 e. The standard InChI is InChI=1S/C35H59NO6/c1-19(2)25(36)28(39)41-21-16-22-32(8)17-20(37)26(33(9)12-11-24(42-33)30(5,6)40)31(32,7)14-15-34(22)18-35(34)13-10-23(38)29(3,4)27(21)35/h19-27,37-38,40H,10-18,36H2,1-9H3/t20-,21-,22?,23-,24-,25?,26-,27-,31+,32-,33+,34-,35?/m0/s1. The summed E-state index contributed by atoms with van der Waals surface area (Å²) in [6, 6.07) is -0.670. The number of ether oxygens (including phenoxy) is 2. The fraction of sp³-hybridized carbons (Fsp3) is 0.971. The number of aliphatic hydroxyl groups excluding tert-OH is 2. The Morgan fingerprint density at radius 2 is 1.62 bits per heavy atom. The lowest BCUT2D eigenvalue weighted by Gasteiger charge is -2.64. The molecule has 6 fully saturated rings. The van der Waals surface area contributed by atoms with Crippen LogP contribution in [0.25, 0.3) is 0 Å². The monoisotopic (exact) mass is 589 g/mol. The number of fused-ring (bicyclic) bond motifs is 2. The molecular weight excluding hydrogens is 530 g/mol. The van der Waals surface area contributed by atoms with E-state index in [1.54, 1.807) is 0 Å². The molecule has 1 aliphatic heterocycles. The maximum Gasteiger partial charge on any atom is 0.323 e. The maximum atomic E-state index is 13.4. The van der Waals surface area contributed by atoms with Crippen molar-refractivity contribution < 1.29 is 29.6 Å². The van der Waals surface area contributed by atoms with E-state index < -0.39 is 29.5 Å². The molecule has 0 aromatic carbocycles. The molecule has 0 radical (unpaired) electrons. The first kappa shape index (κ1) is 31.3. The van der Waals surface area contributed by atoms with Crippen molar-refractivity contribution in [3.05, 3.63) is 0 Å². The summed E-state index contributed by atoms with van der Waals surface area (Å²) in [4.78, 5) is 13.4. The molecule has 5 saturated carbocycles. The first-order valence-corrected chi connectivity index (χ1v) is 16.9. The van der Waals surface area contributed by atoms with Crippen molar-refractivity contribution in [2.24, 2.45) is 56.5 Å². The van der Waals surface area contributed by atoms with Gasteiger partial charge in [-0.1, -0.05) is 41.5 Å². The van der Waals surface area contributed by atoms with Crippen LogP contribution in [0.2, 0.25) is 0 Å². The largest absolute Gasteiger partial charge is 0.461 e. The average molecular weight is 590 g/mol. The summed E-state index contributed by atoms with van der Waals surface area (Å²) in [7, 11) is 0. The zero-order valence-electron chi connectivity index (χ0n) is 27.7. The average Bonchev–Trinajstić information content (AvgIpc) is 3.24. The molecule has 240 valence electrons. The van der Waals surface area contributed by atoms with Gasteiger partial charge in [-0.25, -0.2) is 0 Å². The van der Waals surface area contributed by atoms with Crippen LogP contribution in [-0.4, -0.2) is 62.9 Å². The topological polar surface area (TPSA) is 122 Å². The van der Waals surface area contributed by atoms with Crippen LogP contribution in [-0.2, 0) is 14.3 Å². The number of aliphatic hydroxyl groups is 3. The number of esters is 1. The van der Waals surface area contributed by atoms with E-state index >= 15 is 0 Å². The van der Waals surface area contributed by atoms with Gasteiger partial charge in [0.1, 0.15) is 12.1 Å². The summed E-state index contributed by atoms with van der Waals surface area (Å²) in [5, 5.41) is 34.0. The molecule has 42 heavy (non-hydrogen) atoms. The highest BCUT2D eigenvalue weighted by molar-refractivity contribution is 5.76. The van der Waals surface area contributed by atoms with Crippen LogP contribution in [0, 0.1) is 50.7 Å². The molecule has 6 aliphatic rings. The van der Waals surface area contributed by atoms with Crippen LogP contribution < -0.4 is 5.73 Å². The lowest BCUT2D eigenvalue weighted by molar-refractivity contribution is -0.221. The van der Waals surface area contributed by atoms with Gasteiger partial charge in [-0.05, 0) is 117 Å². The van der Waals surface area contributed by atoms with Crippen molar-refractivity contribution in [1.82, 2.24) is 0 Å². The van der Waals surface area contributed by atoms with E-state index in [1.807, 2.05) is 27.7 Å². The van der Waals surface area contributed by atoms with Crippen molar-refractivity contribution in [1.29, 1.82) is 0 Å². The molecule has 0 bridgehead atoms. The summed E-state index contributed by atoms with van der Waals surface area (Å²) in [5.41, 5.74) is 4.40. The van der Waals surface area contributed by atoms with Gasteiger partial charge in [-0.15, -0.1) is 0 Å². The molecule has 5 aliphatic carbocycles. The van der Waals surface area contributed by atoms with Crippen molar-refractivity contribution in [3.63, 3.8) is 0 Å². The van der Waals surface area contributed by atoms with Crippen LogP contribution in [0.3, 0.4) is 0 Å². The molecule has 7 heteroatoms. The molecule has 0 aromatic rings. The second kappa shape index (κ2) is 9.18. The highest BCUT2D eigenvalue weighted by atomic mass is 16.5. The summed E-state index contributed by atoms with van der Waals surface area (Å²) in [6.45, 7) is 18.9. The number of carbonyl (C=O) groups is 1. The van der Waals surface area contributed by atoms with Crippen molar-refractivity contribution in [2.45, 2.75) is 162 Å². The first-order chi connectivity index (χ1) is 19.2. The first-order valence-electron chi connectivity index (χ1n) is 16.9. The molecule has 7 nitrogen and oxygen atoms in total. The maximum absolute atomic E-state index is 13.4. The third-order valence-electron chi connectivity index (χ3n) is 15.0. The van der Waals surface area contributed by atoms with E-state index in [0.29, 0.717) is 12.3 Å². The van der Waals surface area contributed by atoms with Crippen molar-refractivity contribution >= 4 is 5.97 Å². The Morgan fingerprint density at radius 3 is 2.21 bits per heavy atom. The van der Waals surface area contributed by atoms with Crippen LogP contribution >= 0.6 is 0 Å². The van der Waals surface area contributed by atoms with Crippen LogP contribution in [0.15, 0.2) is 0 Å². The van der Waals surface area contributed by atoms with Gasteiger partial charge in [-0.3, -0.25) is 4.79 Å². The predicted molar refractivity (Wildman–Crippen MR) is 161 cm³/mol. The molecule has 0 aromatic heterocycles. The second-order valence-corrected chi connectivity index (χ2v) is 18.1. The molecule has 6 rings (SSSR count). The van der Waals surface area contributed by atoms with Gasteiger partial charge in [0.25, 0.3) is 0 Å². The molecule has 5 N–H and O–H groups in total. The number of carbonyl (C=O) groups excluding carboxylic acids is 1. The Kier molecular flexibility index (Phi) is 6.83. The van der Waals surface area contributed by atoms with Crippen molar-refractivity contribution in [2.75, 3.05) is 0 Å². The summed E-state index contributed by atoms with van der Waals surface area (Å²) >= 11 is 0. The lowest BCUT2D eigenvalue weighted by Crippen LogP contribution is -2.63. The third kappa shape index (κ3) is 3.85. The van der Waals surface area contributed by atoms with Crippen LogP contribution in [0.5, 0.6) is 0 Å². The predicted octanol–water partition coefficient (Wildman–Crippen LogP) is 4.97. The number of hydrogen-bond donors (Lipinski definition) is 4. The third-order valence-corrected chi connectivity index (χ3v) is 15.0. The normalized spacial score (nSPS) is 53.5. The van der Waals surface area contributed by atoms with Gasteiger partial charge in [0, 0.05) is 11.8 Å². The van der Waals surface area contributed by atoms with E-state index in [4.69, 9.17) is 15.2 Å². The Labute approximate surface area is 253 Å². The molecule has 13 atom stereocenters. The minimum atomic E-state index is -0.923. The fourth-order valence-corrected chi connectivity index (χ4v) is 12.7. The number of rotatable bonds is 5. The zero-order chi connectivity index (χ0) is 31.1. The Balaban J connectivity index is 1.39.